The van der Waals surface area contributed by atoms with E-state index >= 15 is 0 Å². The van der Waals surface area contributed by atoms with Crippen LogP contribution in [0.2, 0.25) is 0 Å². The number of aromatic carboxylic acids is 1. The summed E-state index contributed by atoms with van der Waals surface area (Å²) in [7, 11) is 1.75. The van der Waals surface area contributed by atoms with Gasteiger partial charge in [0.2, 0.25) is 0 Å². The van der Waals surface area contributed by atoms with E-state index in [9.17, 15) is 4.79 Å². The van der Waals surface area contributed by atoms with Crippen LogP contribution in [0.5, 0.6) is 0 Å². The molecule has 0 saturated heterocycles. The molecule has 0 saturated carbocycles. The highest BCUT2D eigenvalue weighted by Gasteiger charge is 2.13. The molecular formula is C13H23N3O3. The van der Waals surface area contributed by atoms with E-state index in [4.69, 9.17) is 9.84 Å². The van der Waals surface area contributed by atoms with Crippen molar-refractivity contribution in [1.82, 2.24) is 15.1 Å². The molecule has 1 heterocycles. The molecule has 0 aliphatic heterocycles. The lowest BCUT2D eigenvalue weighted by molar-refractivity contribution is 0.0695. The fourth-order valence-electron chi connectivity index (χ4n) is 1.71. The highest BCUT2D eigenvalue weighted by Crippen LogP contribution is 2.06. The van der Waals surface area contributed by atoms with Gasteiger partial charge in [0.1, 0.15) is 5.56 Å². The first kappa shape index (κ1) is 15.7. The SMILES string of the molecule is CCCCOCCCNCc1c(C(=O)O)cnn1C. The normalized spacial score (nSPS) is 10.8. The third-order valence-electron chi connectivity index (χ3n) is 2.87. The number of nitrogens with zero attached hydrogens (tertiary/aromatic N) is 2. The summed E-state index contributed by atoms with van der Waals surface area (Å²) >= 11 is 0. The minimum atomic E-state index is -0.937. The summed E-state index contributed by atoms with van der Waals surface area (Å²) in [6.07, 6.45) is 4.55. The average molecular weight is 269 g/mol. The van der Waals surface area contributed by atoms with Gasteiger partial charge in [-0.05, 0) is 19.4 Å². The molecule has 1 rings (SSSR count). The zero-order valence-electron chi connectivity index (χ0n) is 11.7. The van der Waals surface area contributed by atoms with Crippen molar-refractivity contribution < 1.29 is 14.6 Å². The average Bonchev–Trinajstić information content (AvgIpc) is 2.74. The number of nitrogens with one attached hydrogen (secondary N) is 1. The van der Waals surface area contributed by atoms with Crippen molar-refractivity contribution in [3.63, 3.8) is 0 Å². The Labute approximate surface area is 113 Å². The molecule has 0 amide bonds. The zero-order valence-corrected chi connectivity index (χ0v) is 11.7. The van der Waals surface area contributed by atoms with Crippen molar-refractivity contribution in [3.8, 4) is 0 Å². The van der Waals surface area contributed by atoms with Crippen LogP contribution < -0.4 is 5.32 Å². The second-order valence-electron chi connectivity index (χ2n) is 4.43. The van der Waals surface area contributed by atoms with Crippen LogP contribution in [0.25, 0.3) is 0 Å². The van der Waals surface area contributed by atoms with Crippen molar-refractivity contribution in [1.29, 1.82) is 0 Å². The van der Waals surface area contributed by atoms with Gasteiger partial charge in [-0.3, -0.25) is 4.68 Å². The van der Waals surface area contributed by atoms with Gasteiger partial charge in [0, 0.05) is 26.8 Å². The summed E-state index contributed by atoms with van der Waals surface area (Å²) in [4.78, 5) is 11.0. The number of hydrogen-bond acceptors (Lipinski definition) is 4. The number of ether oxygens (including phenoxy) is 1. The van der Waals surface area contributed by atoms with Crippen molar-refractivity contribution in [2.24, 2.45) is 7.05 Å². The number of carboxylic acids is 1. The van der Waals surface area contributed by atoms with Gasteiger partial charge in [0.25, 0.3) is 0 Å². The number of carboxylic acid groups (broad SMARTS) is 1. The van der Waals surface area contributed by atoms with E-state index in [0.29, 0.717) is 12.2 Å². The van der Waals surface area contributed by atoms with Gasteiger partial charge < -0.3 is 15.2 Å². The number of hydrogen-bond donors (Lipinski definition) is 2. The van der Waals surface area contributed by atoms with Crippen molar-refractivity contribution in [2.75, 3.05) is 19.8 Å². The van der Waals surface area contributed by atoms with Gasteiger partial charge in [0.05, 0.1) is 11.9 Å². The summed E-state index contributed by atoms with van der Waals surface area (Å²) in [5, 5.41) is 16.2. The van der Waals surface area contributed by atoms with Crippen LogP contribution in [0.3, 0.4) is 0 Å². The molecule has 6 nitrogen and oxygen atoms in total. The molecule has 0 unspecified atom stereocenters. The minimum absolute atomic E-state index is 0.259. The Morgan fingerprint density at radius 2 is 2.21 bits per heavy atom. The molecule has 0 aromatic carbocycles. The van der Waals surface area contributed by atoms with Crippen molar-refractivity contribution in [3.05, 3.63) is 17.5 Å². The topological polar surface area (TPSA) is 76.4 Å². The molecule has 2 N–H and O–H groups in total. The standard InChI is InChI=1S/C13H23N3O3/c1-3-4-7-19-8-5-6-14-10-12-11(13(17)18)9-15-16(12)2/h9,14H,3-8,10H2,1-2H3,(H,17,18). The van der Waals surface area contributed by atoms with Gasteiger partial charge in [-0.25, -0.2) is 4.79 Å². The fourth-order valence-corrected chi connectivity index (χ4v) is 1.71. The number of carbonyl (C=O) groups is 1. The summed E-state index contributed by atoms with van der Waals surface area (Å²) in [6, 6.07) is 0. The van der Waals surface area contributed by atoms with Crippen molar-refractivity contribution in [2.45, 2.75) is 32.7 Å². The van der Waals surface area contributed by atoms with Gasteiger partial charge >= 0.3 is 5.97 Å². The lowest BCUT2D eigenvalue weighted by Gasteiger charge is -2.07. The first-order chi connectivity index (χ1) is 9.16. The molecule has 0 radical (unpaired) electrons. The molecule has 108 valence electrons. The molecule has 0 fully saturated rings. The van der Waals surface area contributed by atoms with Crippen LogP contribution >= 0.6 is 0 Å². The lowest BCUT2D eigenvalue weighted by atomic mass is 10.2. The largest absolute Gasteiger partial charge is 0.478 e. The summed E-state index contributed by atoms with van der Waals surface area (Å²) in [5.41, 5.74) is 0.952. The van der Waals surface area contributed by atoms with Crippen LogP contribution in [0, 0.1) is 0 Å². The molecule has 0 spiro atoms. The molecular weight excluding hydrogens is 246 g/mol. The maximum absolute atomic E-state index is 11.0. The van der Waals surface area contributed by atoms with Gasteiger partial charge in [0.15, 0.2) is 0 Å². The predicted octanol–water partition coefficient (Wildman–Crippen LogP) is 1.41. The first-order valence-electron chi connectivity index (χ1n) is 6.69. The first-order valence-corrected chi connectivity index (χ1v) is 6.69. The third-order valence-corrected chi connectivity index (χ3v) is 2.87. The second kappa shape index (κ2) is 8.66. The van der Waals surface area contributed by atoms with Crippen LogP contribution in [-0.2, 0) is 18.3 Å². The Bertz CT molecular complexity index is 390. The third kappa shape index (κ3) is 5.40. The molecule has 6 heteroatoms. The quantitative estimate of drug-likeness (QED) is 0.628. The summed E-state index contributed by atoms with van der Waals surface area (Å²) in [6.45, 7) is 5.01. The maximum atomic E-state index is 11.0. The fraction of sp³-hybridized carbons (Fsp3) is 0.692. The Kier molecular flexibility index (Phi) is 7.14. The molecule has 1 aromatic rings. The van der Waals surface area contributed by atoms with Crippen LogP contribution in [-0.4, -0.2) is 40.6 Å². The summed E-state index contributed by atoms with van der Waals surface area (Å²) in [5.74, 6) is -0.937. The molecule has 1 aromatic heterocycles. The van der Waals surface area contributed by atoms with E-state index in [-0.39, 0.29) is 5.56 Å². The maximum Gasteiger partial charge on any atom is 0.339 e. The van der Waals surface area contributed by atoms with E-state index in [1.165, 1.54) is 6.20 Å². The number of aryl methyl sites for hydroxylation is 1. The van der Waals surface area contributed by atoms with Gasteiger partial charge in [-0.15, -0.1) is 0 Å². The Morgan fingerprint density at radius 3 is 2.89 bits per heavy atom. The highest BCUT2D eigenvalue weighted by molar-refractivity contribution is 5.88. The molecule has 0 atom stereocenters. The number of aromatic nitrogens is 2. The van der Waals surface area contributed by atoms with E-state index in [0.717, 1.165) is 39.0 Å². The van der Waals surface area contributed by atoms with Crippen LogP contribution in [0.4, 0.5) is 0 Å². The lowest BCUT2D eigenvalue weighted by Crippen LogP contribution is -2.20. The van der Waals surface area contributed by atoms with Crippen molar-refractivity contribution >= 4 is 5.97 Å². The van der Waals surface area contributed by atoms with E-state index < -0.39 is 5.97 Å². The minimum Gasteiger partial charge on any atom is -0.478 e. The molecule has 19 heavy (non-hydrogen) atoms. The zero-order chi connectivity index (χ0) is 14.1. The van der Waals surface area contributed by atoms with Crippen LogP contribution in [0.1, 0.15) is 42.2 Å². The van der Waals surface area contributed by atoms with Crippen LogP contribution in [0.15, 0.2) is 6.20 Å². The smallest absolute Gasteiger partial charge is 0.339 e. The molecule has 0 aliphatic carbocycles. The van der Waals surface area contributed by atoms with E-state index in [1.54, 1.807) is 11.7 Å². The van der Waals surface area contributed by atoms with E-state index in [1.807, 2.05) is 0 Å². The monoisotopic (exact) mass is 269 g/mol. The summed E-state index contributed by atoms with van der Waals surface area (Å²) < 4.78 is 7.04. The Balaban J connectivity index is 2.19. The van der Waals surface area contributed by atoms with Gasteiger partial charge in [-0.2, -0.15) is 5.10 Å². The van der Waals surface area contributed by atoms with E-state index in [2.05, 4.69) is 17.3 Å². The molecule has 0 bridgehead atoms. The highest BCUT2D eigenvalue weighted by atomic mass is 16.5. The van der Waals surface area contributed by atoms with Gasteiger partial charge in [-0.1, -0.05) is 13.3 Å². The molecule has 0 aliphatic rings. The number of rotatable bonds is 10. The predicted molar refractivity (Wildman–Crippen MR) is 72.2 cm³/mol. The Hall–Kier alpha value is -1.40. The second-order valence-corrected chi connectivity index (χ2v) is 4.43. The Morgan fingerprint density at radius 1 is 1.47 bits per heavy atom. The number of unbranched alkanes of at least 4 members (excludes halogenated alkanes) is 1.